The van der Waals surface area contributed by atoms with Gasteiger partial charge in [0, 0.05) is 38.9 Å². The molecule has 5 aromatic rings. The number of hydrogen-bond donors (Lipinski definition) is 1. The molecule has 0 saturated carbocycles. The molecule has 2 aliphatic rings. The molecule has 2 fully saturated rings. The van der Waals surface area contributed by atoms with Gasteiger partial charge in [0.25, 0.3) is 0 Å². The average molecular weight is 904 g/mol. The number of ether oxygens (including phenoxy) is 7. The van der Waals surface area contributed by atoms with Gasteiger partial charge in [-0.3, -0.25) is 24.1 Å². The van der Waals surface area contributed by atoms with E-state index >= 15 is 0 Å². The van der Waals surface area contributed by atoms with Crippen LogP contribution in [-0.2, 0) is 54.2 Å². The number of cyclic esters (lactones) is 1. The van der Waals surface area contributed by atoms with Crippen molar-refractivity contribution in [2.75, 3.05) is 11.5 Å². The number of esters is 4. The number of rotatable bonds is 16. The molecule has 66 heavy (non-hydrogen) atoms. The minimum absolute atomic E-state index is 0.194. The molecule has 2 saturated heterocycles. The molecular formula is C51H50FNO13. The molecule has 0 aliphatic carbocycles. The van der Waals surface area contributed by atoms with Crippen molar-refractivity contribution in [2.45, 2.75) is 95.9 Å². The zero-order valence-electron chi connectivity index (χ0n) is 36.7. The van der Waals surface area contributed by atoms with Crippen molar-refractivity contribution in [3.8, 4) is 16.9 Å². The third-order valence-electron chi connectivity index (χ3n) is 11.2. The fourth-order valence-corrected chi connectivity index (χ4v) is 8.30. The number of nitrogens with zero attached hydrogens (tertiary/aromatic N) is 1. The van der Waals surface area contributed by atoms with E-state index < -0.39 is 84.6 Å². The van der Waals surface area contributed by atoms with E-state index in [-0.39, 0.29) is 26.1 Å². The molecule has 2 aliphatic heterocycles. The van der Waals surface area contributed by atoms with Crippen LogP contribution < -0.4 is 9.64 Å². The lowest BCUT2D eigenvalue weighted by molar-refractivity contribution is -0.254. The first-order valence-corrected chi connectivity index (χ1v) is 21.5. The molecule has 2 heterocycles. The Morgan fingerprint density at radius 1 is 0.697 bits per heavy atom. The molecule has 1 N–H and O–H groups in total. The highest BCUT2D eigenvalue weighted by atomic mass is 19.1. The van der Waals surface area contributed by atoms with E-state index in [0.29, 0.717) is 28.1 Å². The van der Waals surface area contributed by atoms with Gasteiger partial charge in [0.2, 0.25) is 0 Å². The maximum Gasteiger partial charge on any atom is 0.415 e. The first-order chi connectivity index (χ1) is 31.7. The van der Waals surface area contributed by atoms with Crippen molar-refractivity contribution < 1.29 is 66.6 Å². The predicted octanol–water partition coefficient (Wildman–Crippen LogP) is 8.45. The Kier molecular flexibility index (Phi) is 15.1. The van der Waals surface area contributed by atoms with Gasteiger partial charge in [-0.05, 0) is 71.0 Å². The normalized spacial score (nSPS) is 21.8. The van der Waals surface area contributed by atoms with Gasteiger partial charge in [-0.1, -0.05) is 97.1 Å². The van der Waals surface area contributed by atoms with Crippen molar-refractivity contribution in [1.29, 1.82) is 0 Å². The second-order valence-corrected chi connectivity index (χ2v) is 16.0. The highest BCUT2D eigenvalue weighted by Crippen LogP contribution is 2.45. The van der Waals surface area contributed by atoms with Crippen LogP contribution in [0.1, 0.15) is 81.0 Å². The second-order valence-electron chi connectivity index (χ2n) is 16.0. The number of amides is 1. The van der Waals surface area contributed by atoms with Gasteiger partial charge in [-0.2, -0.15) is 0 Å². The smallest absolute Gasteiger partial charge is 0.415 e. The number of benzene rings is 5. The Hall–Kier alpha value is -7.10. The molecule has 15 heteroatoms. The summed E-state index contributed by atoms with van der Waals surface area (Å²) in [5, 5.41) is 11.1. The van der Waals surface area contributed by atoms with Crippen molar-refractivity contribution in [2.24, 2.45) is 0 Å². The zero-order valence-corrected chi connectivity index (χ0v) is 36.7. The lowest BCUT2D eigenvalue weighted by Crippen LogP contribution is -2.59. The molecule has 5 aromatic carbocycles. The van der Waals surface area contributed by atoms with Crippen LogP contribution >= 0.6 is 0 Å². The summed E-state index contributed by atoms with van der Waals surface area (Å²) in [5.74, 6) is -2.75. The third-order valence-corrected chi connectivity index (χ3v) is 11.2. The number of para-hydroxylation sites is 1. The second kappa shape index (κ2) is 21.3. The molecule has 0 radical (unpaired) electrons. The van der Waals surface area contributed by atoms with Crippen LogP contribution in [-0.4, -0.2) is 72.2 Å². The molecule has 344 valence electrons. The van der Waals surface area contributed by atoms with Gasteiger partial charge in [0.15, 0.2) is 18.3 Å². The number of halogens is 1. The molecule has 14 nitrogen and oxygen atoms in total. The minimum Gasteiger partial charge on any atom is -0.489 e. The van der Waals surface area contributed by atoms with Crippen LogP contribution in [0, 0.1) is 5.82 Å². The zero-order chi connectivity index (χ0) is 46.9. The lowest BCUT2D eigenvalue weighted by Gasteiger charge is -2.44. The molecule has 3 unspecified atom stereocenters. The van der Waals surface area contributed by atoms with Crippen molar-refractivity contribution in [1.82, 2.24) is 0 Å². The summed E-state index contributed by atoms with van der Waals surface area (Å²) in [4.78, 5) is 64.4. The van der Waals surface area contributed by atoms with E-state index in [1.807, 2.05) is 91.0 Å². The third kappa shape index (κ3) is 11.4. The minimum atomic E-state index is -1.33. The molecule has 8 atom stereocenters. The van der Waals surface area contributed by atoms with E-state index in [1.165, 1.54) is 38.1 Å². The molecule has 0 bridgehead atoms. The maximum atomic E-state index is 13.8. The van der Waals surface area contributed by atoms with E-state index in [2.05, 4.69) is 0 Å². The van der Waals surface area contributed by atoms with Crippen LogP contribution in [0.2, 0.25) is 0 Å². The maximum absolute atomic E-state index is 13.8. The standard InChI is InChI=1S/C51H50FNO13/c1-30(54)60-29-45-48(62-31(2)55)50(64-33(4)57)49(63-32(3)56)47(65-45)37-17-15-35(16-18-37)38-21-24-41(44(27-38)61-28-34-11-7-5-8-12-34)46-43(26-25-42(58)36-19-22-39(52)23-20-36)66-51(59)53(46)40-13-9-6-10-14-40/h5-24,27,42-43,45-50,58H,25-26,28-29H2,1-4H3/t42-,43+,45?,46+,47?,48+,49-,50?/m0/s1. The Morgan fingerprint density at radius 3 is 1.94 bits per heavy atom. The lowest BCUT2D eigenvalue weighted by atomic mass is 9.89. The summed E-state index contributed by atoms with van der Waals surface area (Å²) < 4.78 is 54.9. The Bertz CT molecular complexity index is 2490. The molecule has 1 amide bonds. The fourth-order valence-electron chi connectivity index (χ4n) is 8.30. The van der Waals surface area contributed by atoms with Gasteiger partial charge < -0.3 is 38.3 Å². The van der Waals surface area contributed by atoms with Crippen LogP contribution in [0.25, 0.3) is 11.1 Å². The number of aliphatic hydroxyl groups excluding tert-OH is 1. The highest BCUT2D eigenvalue weighted by molar-refractivity contribution is 5.91. The van der Waals surface area contributed by atoms with E-state index in [1.54, 1.807) is 17.0 Å². The summed E-state index contributed by atoms with van der Waals surface area (Å²) in [7, 11) is 0. The summed E-state index contributed by atoms with van der Waals surface area (Å²) in [6.07, 6.45) is -7.85. The molecule has 0 spiro atoms. The van der Waals surface area contributed by atoms with Gasteiger partial charge in [0.05, 0.1) is 6.10 Å². The van der Waals surface area contributed by atoms with Gasteiger partial charge in [-0.15, -0.1) is 0 Å². The number of anilines is 1. The Labute approximate surface area is 381 Å². The first-order valence-electron chi connectivity index (χ1n) is 21.5. The summed E-state index contributed by atoms with van der Waals surface area (Å²) in [5.41, 5.74) is 4.66. The van der Waals surface area contributed by atoms with Crippen LogP contribution in [0.4, 0.5) is 14.9 Å². The topological polar surface area (TPSA) is 173 Å². The summed E-state index contributed by atoms with van der Waals surface area (Å²) >= 11 is 0. The molecular weight excluding hydrogens is 854 g/mol. The quantitative estimate of drug-likeness (QED) is 0.0739. The largest absolute Gasteiger partial charge is 0.489 e. The highest BCUT2D eigenvalue weighted by Gasteiger charge is 2.52. The fraction of sp³-hybridized carbons (Fsp3) is 0.314. The van der Waals surface area contributed by atoms with Gasteiger partial charge >= 0.3 is 30.0 Å². The number of carbonyl (C=O) groups is 5. The van der Waals surface area contributed by atoms with Crippen LogP contribution in [0.5, 0.6) is 5.75 Å². The Balaban J connectivity index is 1.25. The number of carbonyl (C=O) groups excluding carboxylic acids is 5. The number of aliphatic hydroxyl groups is 1. The average Bonchev–Trinajstić information content (AvgIpc) is 3.63. The van der Waals surface area contributed by atoms with Gasteiger partial charge in [-0.25, -0.2) is 9.18 Å². The van der Waals surface area contributed by atoms with Crippen molar-refractivity contribution >= 4 is 35.7 Å². The first kappa shape index (κ1) is 46.9. The Morgan fingerprint density at radius 2 is 1.30 bits per heavy atom. The van der Waals surface area contributed by atoms with E-state index in [4.69, 9.17) is 33.2 Å². The monoisotopic (exact) mass is 903 g/mol. The van der Waals surface area contributed by atoms with Crippen molar-refractivity contribution in [3.05, 3.63) is 155 Å². The van der Waals surface area contributed by atoms with Crippen LogP contribution in [0.15, 0.2) is 127 Å². The molecule has 7 rings (SSSR count). The number of hydrogen-bond acceptors (Lipinski definition) is 13. The molecule has 0 aromatic heterocycles. The van der Waals surface area contributed by atoms with Crippen molar-refractivity contribution in [3.63, 3.8) is 0 Å². The van der Waals surface area contributed by atoms with Crippen LogP contribution in [0.3, 0.4) is 0 Å². The SMILES string of the molecule is CC(=O)OCC1OC(c2ccc(-c3ccc([C@@H]4[C@@H](CC[C@H](O)c5ccc(F)cc5)OC(=O)N4c4ccccc4)c(OCc4ccccc4)c3)cc2)[C@H](OC(C)=O)C(OC(C)=O)[C@@H]1OC(C)=O. The van der Waals surface area contributed by atoms with Gasteiger partial charge in [0.1, 0.15) is 49.1 Å². The predicted molar refractivity (Wildman–Crippen MR) is 236 cm³/mol. The van der Waals surface area contributed by atoms with E-state index in [0.717, 1.165) is 30.5 Å². The summed E-state index contributed by atoms with van der Waals surface area (Å²) in [6, 6.07) is 36.5. The van der Waals surface area contributed by atoms with E-state index in [9.17, 15) is 33.5 Å². The summed E-state index contributed by atoms with van der Waals surface area (Å²) in [6.45, 7) is 4.55.